The molecule has 0 aliphatic heterocycles. The molecule has 27 heavy (non-hydrogen) atoms. The van der Waals surface area contributed by atoms with Gasteiger partial charge < -0.3 is 26.6 Å². The van der Waals surface area contributed by atoms with Crippen molar-refractivity contribution >= 4 is 40.8 Å². The van der Waals surface area contributed by atoms with Gasteiger partial charge in [0.25, 0.3) is 0 Å². The van der Waals surface area contributed by atoms with Gasteiger partial charge in [0.1, 0.15) is 18.6 Å². The number of nitrogens with one attached hydrogen (secondary N) is 2. The number of carboxylic acid groups (broad SMARTS) is 2. The van der Waals surface area contributed by atoms with E-state index >= 15 is 0 Å². The predicted octanol–water partition coefficient (Wildman–Crippen LogP) is -1.41. The van der Waals surface area contributed by atoms with E-state index < -0.39 is 47.6 Å². The van der Waals surface area contributed by atoms with Crippen LogP contribution < -0.4 is 16.4 Å². The van der Waals surface area contributed by atoms with Gasteiger partial charge in [0.15, 0.2) is 0 Å². The lowest BCUT2D eigenvalue weighted by molar-refractivity contribution is -0.139. The minimum atomic E-state index is -1.31. The van der Waals surface area contributed by atoms with E-state index in [1.54, 1.807) is 0 Å². The summed E-state index contributed by atoms with van der Waals surface area (Å²) in [6, 6.07) is -2.54. The first-order chi connectivity index (χ1) is 12.6. The van der Waals surface area contributed by atoms with Crippen molar-refractivity contribution < 1.29 is 39.4 Å². The Kier molecular flexibility index (Phi) is 11.4. The van der Waals surface area contributed by atoms with Crippen molar-refractivity contribution in [3.05, 3.63) is 12.7 Å². The summed E-state index contributed by atoms with van der Waals surface area (Å²) < 4.78 is 0. The van der Waals surface area contributed by atoms with E-state index in [-0.39, 0.29) is 25.1 Å². The zero-order valence-corrected chi connectivity index (χ0v) is 15.1. The number of nitrogens with zero attached hydrogens (tertiary/aromatic N) is 1. The van der Waals surface area contributed by atoms with E-state index in [0.717, 1.165) is 0 Å². The molecule has 13 heteroatoms. The molecular weight excluding hydrogens is 384 g/mol. The Balaban J connectivity index is 4.81. The van der Waals surface area contributed by atoms with Crippen LogP contribution in [-0.2, 0) is 19.2 Å². The fourth-order valence-electron chi connectivity index (χ4n) is 1.57. The monoisotopic (exact) mass is 406 g/mol. The van der Waals surface area contributed by atoms with Gasteiger partial charge in [-0.25, -0.2) is 5.06 Å². The zero-order valence-electron chi connectivity index (χ0n) is 14.3. The van der Waals surface area contributed by atoms with Gasteiger partial charge in [-0.15, -0.1) is 6.58 Å². The number of carbonyl (C=O) groups is 5. The summed E-state index contributed by atoms with van der Waals surface area (Å²) in [5.41, 5.74) is 5.28. The lowest BCUT2D eigenvalue weighted by atomic mass is 10.1. The van der Waals surface area contributed by atoms with E-state index in [1.807, 2.05) is 0 Å². The van der Waals surface area contributed by atoms with Gasteiger partial charge in [-0.05, 0) is 6.42 Å². The van der Waals surface area contributed by atoms with Crippen molar-refractivity contribution in [1.29, 1.82) is 0 Å². The summed E-state index contributed by atoms with van der Waals surface area (Å²) in [6.45, 7) is 2.49. The van der Waals surface area contributed by atoms with Crippen molar-refractivity contribution in [1.82, 2.24) is 15.7 Å². The number of aliphatic carboxylic acids is 2. The van der Waals surface area contributed by atoms with E-state index in [2.05, 4.69) is 17.2 Å². The fraction of sp³-hybridized carbons (Fsp3) is 0.500. The molecule has 0 aromatic rings. The SMILES string of the molecule is C=CCN(O)C(=O)SCC(NC(=O)CCC(N)C(=O)O)C(=O)NCC(=O)O. The number of carboxylic acids is 2. The van der Waals surface area contributed by atoms with E-state index in [0.29, 0.717) is 16.8 Å². The lowest BCUT2D eigenvalue weighted by Gasteiger charge is -2.19. The van der Waals surface area contributed by atoms with Gasteiger partial charge in [0.2, 0.25) is 11.8 Å². The van der Waals surface area contributed by atoms with Crippen molar-refractivity contribution in [2.75, 3.05) is 18.8 Å². The molecule has 7 N–H and O–H groups in total. The van der Waals surface area contributed by atoms with Gasteiger partial charge in [-0.3, -0.25) is 29.2 Å². The third-order valence-corrected chi connectivity index (χ3v) is 3.91. The number of amides is 3. The summed E-state index contributed by atoms with van der Waals surface area (Å²) in [4.78, 5) is 56.7. The maximum atomic E-state index is 12.0. The average Bonchev–Trinajstić information content (AvgIpc) is 2.60. The Bertz CT molecular complexity index is 585. The first kappa shape index (κ1) is 24.4. The average molecular weight is 406 g/mol. The Hall–Kier alpha value is -2.64. The fourth-order valence-corrected chi connectivity index (χ4v) is 2.34. The van der Waals surface area contributed by atoms with Crippen molar-refractivity contribution in [2.24, 2.45) is 5.73 Å². The summed E-state index contributed by atoms with van der Waals surface area (Å²) in [7, 11) is 0. The highest BCUT2D eigenvalue weighted by atomic mass is 32.2. The van der Waals surface area contributed by atoms with E-state index in [1.165, 1.54) is 6.08 Å². The van der Waals surface area contributed by atoms with Crippen LogP contribution in [0.1, 0.15) is 12.8 Å². The predicted molar refractivity (Wildman–Crippen MR) is 94.0 cm³/mol. The molecule has 12 nitrogen and oxygen atoms in total. The number of hydrogen-bond donors (Lipinski definition) is 6. The molecule has 0 radical (unpaired) electrons. The zero-order chi connectivity index (χ0) is 21.0. The Labute approximate surface area is 158 Å². The van der Waals surface area contributed by atoms with E-state index in [9.17, 15) is 29.2 Å². The molecule has 0 heterocycles. The highest BCUT2D eigenvalue weighted by Gasteiger charge is 2.24. The molecule has 2 unspecified atom stereocenters. The summed E-state index contributed by atoms with van der Waals surface area (Å²) >= 11 is 0.514. The van der Waals surface area contributed by atoms with Crippen LogP contribution in [0.2, 0.25) is 0 Å². The maximum absolute atomic E-state index is 12.0. The maximum Gasteiger partial charge on any atom is 0.322 e. The summed E-state index contributed by atoms with van der Waals surface area (Å²) in [5, 5.41) is 30.5. The van der Waals surface area contributed by atoms with Crippen LogP contribution in [0, 0.1) is 0 Å². The molecule has 0 aromatic heterocycles. The molecule has 0 aromatic carbocycles. The topological polar surface area (TPSA) is 199 Å². The number of nitrogens with two attached hydrogens (primary N) is 1. The largest absolute Gasteiger partial charge is 0.480 e. The number of carbonyl (C=O) groups excluding carboxylic acids is 3. The van der Waals surface area contributed by atoms with Crippen molar-refractivity contribution in [3.63, 3.8) is 0 Å². The Morgan fingerprint density at radius 3 is 2.37 bits per heavy atom. The van der Waals surface area contributed by atoms with Crippen LogP contribution >= 0.6 is 11.8 Å². The number of hydrogen-bond acceptors (Lipinski definition) is 8. The van der Waals surface area contributed by atoms with Gasteiger partial charge in [0, 0.05) is 12.2 Å². The van der Waals surface area contributed by atoms with Crippen LogP contribution in [-0.4, -0.2) is 80.4 Å². The minimum absolute atomic E-state index is 0.152. The Morgan fingerprint density at radius 1 is 1.22 bits per heavy atom. The Morgan fingerprint density at radius 2 is 1.85 bits per heavy atom. The molecule has 0 spiro atoms. The molecule has 0 aliphatic rings. The van der Waals surface area contributed by atoms with Gasteiger partial charge in [0.05, 0.1) is 6.54 Å². The van der Waals surface area contributed by atoms with Crippen LogP contribution in [0.5, 0.6) is 0 Å². The molecule has 0 saturated carbocycles. The van der Waals surface area contributed by atoms with E-state index in [4.69, 9.17) is 15.9 Å². The summed E-state index contributed by atoms with van der Waals surface area (Å²) in [5.74, 6) is -4.46. The number of thioether (sulfide) groups is 1. The minimum Gasteiger partial charge on any atom is -0.480 e. The third kappa shape index (κ3) is 10.8. The number of rotatable bonds is 12. The van der Waals surface area contributed by atoms with Crippen molar-refractivity contribution in [2.45, 2.75) is 24.9 Å². The highest BCUT2D eigenvalue weighted by molar-refractivity contribution is 8.13. The highest BCUT2D eigenvalue weighted by Crippen LogP contribution is 2.10. The van der Waals surface area contributed by atoms with Crippen LogP contribution in [0.3, 0.4) is 0 Å². The smallest absolute Gasteiger partial charge is 0.322 e. The van der Waals surface area contributed by atoms with Gasteiger partial charge in [-0.1, -0.05) is 17.8 Å². The summed E-state index contributed by atoms with van der Waals surface area (Å²) in [6.07, 6.45) is 0.792. The second-order valence-electron chi connectivity index (χ2n) is 5.16. The second kappa shape index (κ2) is 12.7. The van der Waals surface area contributed by atoms with Crippen molar-refractivity contribution in [3.8, 4) is 0 Å². The van der Waals surface area contributed by atoms with Gasteiger partial charge >= 0.3 is 17.2 Å². The molecular formula is C14H22N4O8S. The quantitative estimate of drug-likeness (QED) is 0.127. The normalized spacial score (nSPS) is 12.4. The molecule has 0 fully saturated rings. The standard InChI is InChI=1S/C14H22N4O8S/c1-2-5-18(26)14(25)27-7-9(12(22)16-6-11(20)21)17-10(19)4-3-8(15)13(23)24/h2,8-9,26H,1,3-7,15H2,(H,16,22)(H,17,19)(H,20,21)(H,23,24). The third-order valence-electron chi connectivity index (χ3n) is 2.95. The molecule has 2 atom stereocenters. The molecule has 0 saturated heterocycles. The lowest BCUT2D eigenvalue weighted by Crippen LogP contribution is -2.50. The van der Waals surface area contributed by atoms with Crippen LogP contribution in [0.4, 0.5) is 4.79 Å². The first-order valence-corrected chi connectivity index (χ1v) is 8.58. The number of hydroxylamine groups is 2. The second-order valence-corrected chi connectivity index (χ2v) is 6.13. The first-order valence-electron chi connectivity index (χ1n) is 7.59. The van der Waals surface area contributed by atoms with Crippen LogP contribution in [0.25, 0.3) is 0 Å². The van der Waals surface area contributed by atoms with Crippen LogP contribution in [0.15, 0.2) is 12.7 Å². The molecule has 152 valence electrons. The molecule has 0 bridgehead atoms. The molecule has 0 rings (SSSR count). The molecule has 3 amide bonds. The van der Waals surface area contributed by atoms with Gasteiger partial charge in [-0.2, -0.15) is 0 Å². The molecule has 0 aliphatic carbocycles.